The Labute approximate surface area is 181 Å². The second kappa shape index (κ2) is 9.23. The van der Waals surface area contributed by atoms with E-state index in [1.807, 2.05) is 0 Å². The van der Waals surface area contributed by atoms with Crippen LogP contribution in [0.25, 0.3) is 11.4 Å². The third-order valence-corrected chi connectivity index (χ3v) is 4.51. The highest BCUT2D eigenvalue weighted by atomic mass is 35.5. The van der Waals surface area contributed by atoms with Crippen molar-refractivity contribution in [2.45, 2.75) is 0 Å². The number of anilines is 1. The molecule has 0 aliphatic carbocycles. The zero-order valence-electron chi connectivity index (χ0n) is 16.4. The van der Waals surface area contributed by atoms with Gasteiger partial charge in [-0.1, -0.05) is 11.6 Å². The Balaban J connectivity index is 1.93. The predicted molar refractivity (Wildman–Crippen MR) is 112 cm³/mol. The molecule has 0 aliphatic rings. The first-order valence-corrected chi connectivity index (χ1v) is 9.19. The van der Waals surface area contributed by atoms with Gasteiger partial charge in [-0.15, -0.1) is 0 Å². The lowest BCUT2D eigenvalue weighted by Gasteiger charge is -2.11. The second-order valence-corrected chi connectivity index (χ2v) is 6.62. The SMILES string of the molecule is COC(=O)c1ccc(C(=O)OC)c(NC(=O)c2cnc(-c3ccc(Cl)cc3)[nH]c2=O)c1. The number of rotatable bonds is 5. The molecule has 0 saturated heterocycles. The van der Waals surface area contributed by atoms with Gasteiger partial charge in [-0.2, -0.15) is 0 Å². The number of esters is 2. The van der Waals surface area contributed by atoms with Crippen LogP contribution in [0.3, 0.4) is 0 Å². The molecule has 9 nitrogen and oxygen atoms in total. The number of amides is 1. The number of H-pyrrole nitrogens is 1. The molecule has 10 heteroatoms. The van der Waals surface area contributed by atoms with Gasteiger partial charge >= 0.3 is 11.9 Å². The van der Waals surface area contributed by atoms with Gasteiger partial charge in [-0.05, 0) is 42.5 Å². The summed E-state index contributed by atoms with van der Waals surface area (Å²) in [6, 6.07) is 10.5. The van der Waals surface area contributed by atoms with E-state index in [4.69, 9.17) is 16.3 Å². The molecule has 0 radical (unpaired) electrons. The van der Waals surface area contributed by atoms with E-state index in [0.717, 1.165) is 6.20 Å². The van der Waals surface area contributed by atoms with Crippen molar-refractivity contribution in [1.82, 2.24) is 9.97 Å². The maximum Gasteiger partial charge on any atom is 0.339 e. The number of ether oxygens (including phenoxy) is 2. The van der Waals surface area contributed by atoms with Crippen LogP contribution in [0.1, 0.15) is 31.1 Å². The van der Waals surface area contributed by atoms with E-state index in [9.17, 15) is 19.2 Å². The fourth-order valence-electron chi connectivity index (χ4n) is 2.68. The van der Waals surface area contributed by atoms with Crippen molar-refractivity contribution in [3.05, 3.63) is 80.7 Å². The van der Waals surface area contributed by atoms with Gasteiger partial charge in [0.2, 0.25) is 0 Å². The molecule has 0 spiro atoms. The average Bonchev–Trinajstić information content (AvgIpc) is 2.78. The Morgan fingerprint density at radius 3 is 2.26 bits per heavy atom. The zero-order chi connectivity index (χ0) is 22.5. The van der Waals surface area contributed by atoms with Crippen molar-refractivity contribution in [2.75, 3.05) is 19.5 Å². The Morgan fingerprint density at radius 2 is 1.65 bits per heavy atom. The minimum Gasteiger partial charge on any atom is -0.465 e. The summed E-state index contributed by atoms with van der Waals surface area (Å²) in [5.74, 6) is -1.99. The Hall–Kier alpha value is -3.98. The van der Waals surface area contributed by atoms with Crippen molar-refractivity contribution in [3.63, 3.8) is 0 Å². The number of carbonyl (C=O) groups excluding carboxylic acids is 3. The van der Waals surface area contributed by atoms with Crippen molar-refractivity contribution in [2.24, 2.45) is 0 Å². The summed E-state index contributed by atoms with van der Waals surface area (Å²) in [5.41, 5.74) is -0.326. The number of hydrogen-bond donors (Lipinski definition) is 2. The van der Waals surface area contributed by atoms with E-state index in [0.29, 0.717) is 10.6 Å². The number of methoxy groups -OCH3 is 2. The first-order valence-electron chi connectivity index (χ1n) is 8.81. The molecular formula is C21H16ClN3O6. The topological polar surface area (TPSA) is 127 Å². The molecule has 0 bridgehead atoms. The highest BCUT2D eigenvalue weighted by molar-refractivity contribution is 6.30. The zero-order valence-corrected chi connectivity index (χ0v) is 17.1. The van der Waals surface area contributed by atoms with Crippen LogP contribution < -0.4 is 10.9 Å². The van der Waals surface area contributed by atoms with Crippen molar-refractivity contribution >= 4 is 35.1 Å². The van der Waals surface area contributed by atoms with Crippen molar-refractivity contribution < 1.29 is 23.9 Å². The molecule has 0 unspecified atom stereocenters. The molecule has 0 fully saturated rings. The van der Waals surface area contributed by atoms with Crippen LogP contribution in [0.2, 0.25) is 5.02 Å². The van der Waals surface area contributed by atoms with Crippen LogP contribution in [-0.2, 0) is 9.47 Å². The molecule has 1 aromatic heterocycles. The largest absolute Gasteiger partial charge is 0.465 e. The summed E-state index contributed by atoms with van der Waals surface area (Å²) < 4.78 is 9.34. The van der Waals surface area contributed by atoms with Crippen molar-refractivity contribution in [3.8, 4) is 11.4 Å². The van der Waals surface area contributed by atoms with Crippen LogP contribution in [0.15, 0.2) is 53.5 Å². The summed E-state index contributed by atoms with van der Waals surface area (Å²) >= 11 is 5.85. The van der Waals surface area contributed by atoms with Gasteiger partial charge < -0.3 is 19.8 Å². The number of carbonyl (C=O) groups is 3. The Morgan fingerprint density at radius 1 is 0.968 bits per heavy atom. The van der Waals surface area contributed by atoms with Crippen LogP contribution in [0.4, 0.5) is 5.69 Å². The lowest BCUT2D eigenvalue weighted by atomic mass is 10.1. The standard InChI is InChI=1S/C21H16ClN3O6/c1-30-20(28)12-5-8-14(21(29)31-2)16(9-12)24-18(26)15-10-23-17(25-19(15)27)11-3-6-13(22)7-4-11/h3-10H,1-2H3,(H,24,26)(H,23,25,27). The molecule has 1 heterocycles. The van der Waals surface area contributed by atoms with Gasteiger partial charge in [0.25, 0.3) is 11.5 Å². The quantitative estimate of drug-likeness (QED) is 0.582. The third-order valence-electron chi connectivity index (χ3n) is 4.26. The van der Waals surface area contributed by atoms with E-state index in [-0.39, 0.29) is 28.2 Å². The van der Waals surface area contributed by atoms with E-state index < -0.39 is 23.4 Å². The maximum atomic E-state index is 12.7. The molecule has 0 atom stereocenters. The molecule has 1 amide bonds. The lowest BCUT2D eigenvalue weighted by Crippen LogP contribution is -2.25. The van der Waals surface area contributed by atoms with Gasteiger partial charge in [0.1, 0.15) is 11.4 Å². The van der Waals surface area contributed by atoms with Gasteiger partial charge in [-0.25, -0.2) is 14.6 Å². The van der Waals surface area contributed by atoms with E-state index in [1.54, 1.807) is 24.3 Å². The molecule has 3 aromatic rings. The minimum absolute atomic E-state index is 0.00863. The summed E-state index contributed by atoms with van der Waals surface area (Å²) in [4.78, 5) is 55.6. The highest BCUT2D eigenvalue weighted by Crippen LogP contribution is 2.21. The normalized spacial score (nSPS) is 10.3. The summed E-state index contributed by atoms with van der Waals surface area (Å²) in [5, 5.41) is 2.97. The smallest absolute Gasteiger partial charge is 0.339 e. The number of nitrogens with one attached hydrogen (secondary N) is 2. The number of aromatic nitrogens is 2. The number of nitrogens with zero attached hydrogens (tertiary/aromatic N) is 1. The first kappa shape index (κ1) is 21.7. The predicted octanol–water partition coefficient (Wildman–Crippen LogP) is 2.92. The molecular weight excluding hydrogens is 426 g/mol. The van der Waals surface area contributed by atoms with Gasteiger partial charge in [0.05, 0.1) is 31.0 Å². The maximum absolute atomic E-state index is 12.7. The second-order valence-electron chi connectivity index (χ2n) is 6.18. The van der Waals surface area contributed by atoms with Crippen LogP contribution in [-0.4, -0.2) is 42.0 Å². The number of aromatic amines is 1. The summed E-state index contributed by atoms with van der Waals surface area (Å²) in [7, 11) is 2.37. The fraction of sp³-hybridized carbons (Fsp3) is 0.0952. The van der Waals surface area contributed by atoms with Crippen LogP contribution >= 0.6 is 11.6 Å². The molecule has 158 valence electrons. The Kier molecular flexibility index (Phi) is 6.46. The van der Waals surface area contributed by atoms with Crippen LogP contribution in [0, 0.1) is 0 Å². The molecule has 31 heavy (non-hydrogen) atoms. The van der Waals surface area contributed by atoms with Gasteiger partial charge in [-0.3, -0.25) is 9.59 Å². The number of halogens is 1. The summed E-state index contributed by atoms with van der Waals surface area (Å²) in [6.07, 6.45) is 1.11. The molecule has 2 aromatic carbocycles. The van der Waals surface area contributed by atoms with E-state index in [2.05, 4.69) is 20.0 Å². The lowest BCUT2D eigenvalue weighted by molar-refractivity contribution is 0.0587. The molecule has 3 rings (SSSR count). The Bertz CT molecular complexity index is 1220. The van der Waals surface area contributed by atoms with E-state index >= 15 is 0 Å². The number of benzene rings is 2. The summed E-state index contributed by atoms with van der Waals surface area (Å²) in [6.45, 7) is 0. The monoisotopic (exact) mass is 441 g/mol. The molecule has 2 N–H and O–H groups in total. The minimum atomic E-state index is -0.830. The average molecular weight is 442 g/mol. The van der Waals surface area contributed by atoms with E-state index in [1.165, 1.54) is 32.4 Å². The highest BCUT2D eigenvalue weighted by Gasteiger charge is 2.20. The van der Waals surface area contributed by atoms with Crippen LogP contribution in [0.5, 0.6) is 0 Å². The van der Waals surface area contributed by atoms with Crippen molar-refractivity contribution in [1.29, 1.82) is 0 Å². The fourth-order valence-corrected chi connectivity index (χ4v) is 2.81. The van der Waals surface area contributed by atoms with Gasteiger partial charge in [0.15, 0.2) is 0 Å². The molecule has 0 saturated carbocycles. The first-order chi connectivity index (χ1) is 14.8. The third kappa shape index (κ3) is 4.78. The van der Waals surface area contributed by atoms with Gasteiger partial charge in [0, 0.05) is 16.8 Å². The molecule has 0 aliphatic heterocycles. The number of hydrogen-bond acceptors (Lipinski definition) is 7.